The highest BCUT2D eigenvalue weighted by molar-refractivity contribution is 5.34. The van der Waals surface area contributed by atoms with Crippen LogP contribution >= 0.6 is 0 Å². The predicted octanol–water partition coefficient (Wildman–Crippen LogP) is 2.87. The third kappa shape index (κ3) is 2.74. The first-order valence-electron chi connectivity index (χ1n) is 7.03. The molecule has 0 aliphatic carbocycles. The average molecular weight is 269 g/mol. The highest BCUT2D eigenvalue weighted by Crippen LogP contribution is 2.30. The Balaban J connectivity index is 1.66. The van der Waals surface area contributed by atoms with Gasteiger partial charge in [-0.3, -0.25) is 0 Å². The van der Waals surface area contributed by atoms with Crippen LogP contribution in [0.3, 0.4) is 0 Å². The average Bonchev–Trinajstić information content (AvgIpc) is 2.56. The standard InChI is InChI=1S/C16H19N3O/c1-20-15-5-2-4-14(12-15)13-6-10-19(11-7-13)16-17-8-3-9-18-16/h2-5,8-9,12-13H,6-7,10-11H2,1H3. The van der Waals surface area contributed by atoms with Gasteiger partial charge in [-0.05, 0) is 42.5 Å². The van der Waals surface area contributed by atoms with E-state index in [1.807, 2.05) is 12.1 Å². The Morgan fingerprint density at radius 3 is 2.55 bits per heavy atom. The van der Waals surface area contributed by atoms with Crippen molar-refractivity contribution in [3.8, 4) is 5.75 Å². The molecule has 0 atom stereocenters. The zero-order valence-corrected chi connectivity index (χ0v) is 11.7. The number of benzene rings is 1. The highest BCUT2D eigenvalue weighted by Gasteiger charge is 2.22. The molecule has 20 heavy (non-hydrogen) atoms. The van der Waals surface area contributed by atoms with Gasteiger partial charge in [0.15, 0.2) is 0 Å². The van der Waals surface area contributed by atoms with Crippen molar-refractivity contribution in [2.45, 2.75) is 18.8 Å². The van der Waals surface area contributed by atoms with Crippen molar-refractivity contribution < 1.29 is 4.74 Å². The van der Waals surface area contributed by atoms with Crippen LogP contribution in [-0.4, -0.2) is 30.2 Å². The summed E-state index contributed by atoms with van der Waals surface area (Å²) in [7, 11) is 1.72. The molecule has 0 amide bonds. The van der Waals surface area contributed by atoms with Gasteiger partial charge in [0.2, 0.25) is 5.95 Å². The van der Waals surface area contributed by atoms with E-state index in [9.17, 15) is 0 Å². The van der Waals surface area contributed by atoms with Crippen molar-refractivity contribution in [3.63, 3.8) is 0 Å². The Labute approximate surface area is 119 Å². The molecule has 1 aliphatic rings. The van der Waals surface area contributed by atoms with E-state index in [0.29, 0.717) is 5.92 Å². The van der Waals surface area contributed by atoms with E-state index >= 15 is 0 Å². The Kier molecular flexibility index (Phi) is 3.81. The van der Waals surface area contributed by atoms with Crippen LogP contribution in [0.15, 0.2) is 42.7 Å². The SMILES string of the molecule is COc1cccc(C2CCN(c3ncccn3)CC2)c1. The van der Waals surface area contributed by atoms with E-state index in [-0.39, 0.29) is 0 Å². The first kappa shape index (κ1) is 12.9. The first-order valence-corrected chi connectivity index (χ1v) is 7.03. The molecule has 0 unspecified atom stereocenters. The summed E-state index contributed by atoms with van der Waals surface area (Å²) in [5.74, 6) is 2.39. The molecule has 0 saturated carbocycles. The summed E-state index contributed by atoms with van der Waals surface area (Å²) >= 11 is 0. The molecule has 4 nitrogen and oxygen atoms in total. The minimum Gasteiger partial charge on any atom is -0.497 e. The monoisotopic (exact) mass is 269 g/mol. The molecule has 0 bridgehead atoms. The molecule has 3 rings (SSSR count). The second-order valence-electron chi connectivity index (χ2n) is 5.09. The van der Waals surface area contributed by atoms with Crippen LogP contribution in [0, 0.1) is 0 Å². The van der Waals surface area contributed by atoms with E-state index in [2.05, 4.69) is 33.1 Å². The minimum absolute atomic E-state index is 0.602. The minimum atomic E-state index is 0.602. The number of hydrogen-bond acceptors (Lipinski definition) is 4. The number of methoxy groups -OCH3 is 1. The normalized spacial score (nSPS) is 16.1. The Morgan fingerprint density at radius 2 is 1.85 bits per heavy atom. The van der Waals surface area contributed by atoms with Gasteiger partial charge in [0, 0.05) is 25.5 Å². The second kappa shape index (κ2) is 5.90. The summed E-state index contributed by atoms with van der Waals surface area (Å²) in [6.45, 7) is 2.01. The Bertz CT molecular complexity index is 551. The fourth-order valence-electron chi connectivity index (χ4n) is 2.76. The molecule has 4 heteroatoms. The number of rotatable bonds is 3. The molecular weight excluding hydrogens is 250 g/mol. The van der Waals surface area contributed by atoms with Crippen molar-refractivity contribution in [2.75, 3.05) is 25.1 Å². The molecule has 2 aromatic rings. The Hall–Kier alpha value is -2.10. The zero-order chi connectivity index (χ0) is 13.8. The van der Waals surface area contributed by atoms with Crippen LogP contribution in [0.1, 0.15) is 24.3 Å². The fraction of sp³-hybridized carbons (Fsp3) is 0.375. The molecule has 2 heterocycles. The predicted molar refractivity (Wildman–Crippen MR) is 79.2 cm³/mol. The Morgan fingerprint density at radius 1 is 1.10 bits per heavy atom. The number of anilines is 1. The lowest BCUT2D eigenvalue weighted by Crippen LogP contribution is -2.34. The summed E-state index contributed by atoms with van der Waals surface area (Å²) in [5.41, 5.74) is 1.37. The summed E-state index contributed by atoms with van der Waals surface area (Å²) in [6.07, 6.45) is 5.86. The third-order valence-corrected chi connectivity index (χ3v) is 3.90. The van der Waals surface area contributed by atoms with Crippen molar-refractivity contribution in [2.24, 2.45) is 0 Å². The van der Waals surface area contributed by atoms with Crippen LogP contribution < -0.4 is 9.64 Å². The maximum Gasteiger partial charge on any atom is 0.225 e. The third-order valence-electron chi connectivity index (χ3n) is 3.90. The molecule has 0 N–H and O–H groups in total. The van der Waals surface area contributed by atoms with Crippen LogP contribution in [-0.2, 0) is 0 Å². The topological polar surface area (TPSA) is 38.2 Å². The van der Waals surface area contributed by atoms with Gasteiger partial charge < -0.3 is 9.64 Å². The largest absolute Gasteiger partial charge is 0.497 e. The van der Waals surface area contributed by atoms with Crippen molar-refractivity contribution in [3.05, 3.63) is 48.3 Å². The van der Waals surface area contributed by atoms with E-state index in [1.54, 1.807) is 19.5 Å². The molecule has 1 saturated heterocycles. The molecule has 104 valence electrons. The summed E-state index contributed by atoms with van der Waals surface area (Å²) < 4.78 is 5.31. The van der Waals surface area contributed by atoms with Crippen molar-refractivity contribution in [1.82, 2.24) is 9.97 Å². The summed E-state index contributed by atoms with van der Waals surface area (Å²) in [4.78, 5) is 10.9. The van der Waals surface area contributed by atoms with Gasteiger partial charge in [-0.25, -0.2) is 9.97 Å². The molecule has 1 aromatic carbocycles. The number of hydrogen-bond donors (Lipinski definition) is 0. The number of nitrogens with zero attached hydrogens (tertiary/aromatic N) is 3. The number of aromatic nitrogens is 2. The van der Waals surface area contributed by atoms with Crippen LogP contribution in [0.4, 0.5) is 5.95 Å². The lowest BCUT2D eigenvalue weighted by molar-refractivity contribution is 0.412. The van der Waals surface area contributed by atoms with Crippen molar-refractivity contribution >= 4 is 5.95 Å². The van der Waals surface area contributed by atoms with Crippen LogP contribution in [0.25, 0.3) is 0 Å². The molecule has 1 aromatic heterocycles. The zero-order valence-electron chi connectivity index (χ0n) is 11.7. The fourth-order valence-corrected chi connectivity index (χ4v) is 2.76. The van der Waals surface area contributed by atoms with Crippen LogP contribution in [0.2, 0.25) is 0 Å². The summed E-state index contributed by atoms with van der Waals surface area (Å²) in [5, 5.41) is 0. The van der Waals surface area contributed by atoms with Gasteiger partial charge in [-0.2, -0.15) is 0 Å². The maximum absolute atomic E-state index is 5.31. The number of ether oxygens (including phenoxy) is 1. The molecule has 1 aliphatic heterocycles. The van der Waals surface area contributed by atoms with Gasteiger partial charge in [-0.15, -0.1) is 0 Å². The van der Waals surface area contributed by atoms with E-state index in [4.69, 9.17) is 4.74 Å². The maximum atomic E-state index is 5.31. The van der Waals surface area contributed by atoms with Gasteiger partial charge in [0.05, 0.1) is 7.11 Å². The molecule has 0 radical (unpaired) electrons. The molecular formula is C16H19N3O. The molecule has 1 fully saturated rings. The summed E-state index contributed by atoms with van der Waals surface area (Å²) in [6, 6.07) is 10.3. The van der Waals surface area contributed by atoms with Gasteiger partial charge >= 0.3 is 0 Å². The van der Waals surface area contributed by atoms with E-state index in [0.717, 1.165) is 37.6 Å². The second-order valence-corrected chi connectivity index (χ2v) is 5.09. The van der Waals surface area contributed by atoms with Gasteiger partial charge in [0.25, 0.3) is 0 Å². The van der Waals surface area contributed by atoms with E-state index < -0.39 is 0 Å². The quantitative estimate of drug-likeness (QED) is 0.858. The smallest absolute Gasteiger partial charge is 0.225 e. The van der Waals surface area contributed by atoms with Gasteiger partial charge in [0.1, 0.15) is 5.75 Å². The lowest BCUT2D eigenvalue weighted by atomic mass is 9.89. The van der Waals surface area contributed by atoms with Crippen LogP contribution in [0.5, 0.6) is 5.75 Å². The lowest BCUT2D eigenvalue weighted by Gasteiger charge is -2.32. The molecule has 0 spiro atoms. The van der Waals surface area contributed by atoms with Crippen molar-refractivity contribution in [1.29, 1.82) is 0 Å². The van der Waals surface area contributed by atoms with Gasteiger partial charge in [-0.1, -0.05) is 12.1 Å². The van der Waals surface area contributed by atoms with E-state index in [1.165, 1.54) is 5.56 Å². The first-order chi connectivity index (χ1) is 9.86. The number of piperidine rings is 1. The highest BCUT2D eigenvalue weighted by atomic mass is 16.5.